The van der Waals surface area contributed by atoms with Crippen molar-refractivity contribution in [3.63, 3.8) is 0 Å². The van der Waals surface area contributed by atoms with Crippen LogP contribution in [0.2, 0.25) is 0 Å². The molecule has 0 fully saturated rings. The van der Waals surface area contributed by atoms with Crippen LogP contribution in [0.4, 0.5) is 0 Å². The third-order valence-electron chi connectivity index (χ3n) is 5.12. The fourth-order valence-corrected chi connectivity index (χ4v) is 3.71. The van der Waals surface area contributed by atoms with Crippen LogP contribution in [0.15, 0.2) is 77.4 Å². The summed E-state index contributed by atoms with van der Waals surface area (Å²) in [4.78, 5) is 26.0. The van der Waals surface area contributed by atoms with Gasteiger partial charge in [0.25, 0.3) is 5.78 Å². The summed E-state index contributed by atoms with van der Waals surface area (Å²) in [5.74, 6) is -2.09. The number of hydrogen-bond acceptors (Lipinski definition) is 6. The minimum absolute atomic E-state index is 0.117. The number of benzene rings is 2. The third kappa shape index (κ3) is 2.84. The first-order valence-corrected chi connectivity index (χ1v) is 9.40. The molecular formula is C23H15N3O5. The van der Waals surface area contributed by atoms with Crippen LogP contribution in [0.5, 0.6) is 5.95 Å². The van der Waals surface area contributed by atoms with Gasteiger partial charge >= 0.3 is 11.7 Å². The Morgan fingerprint density at radius 1 is 1.06 bits per heavy atom. The molecule has 0 N–H and O–H groups in total. The molecule has 8 heteroatoms. The Labute approximate surface area is 175 Å². The SMILES string of the molecule is COC(=O)c1cc(C(=O)c2c([O-])on[n+]2-c2ccccc2)n2ccc3ccccc3c12. The summed E-state index contributed by atoms with van der Waals surface area (Å²) in [6.07, 6.45) is 1.68. The molecule has 0 radical (unpaired) electrons. The maximum absolute atomic E-state index is 13.5. The summed E-state index contributed by atoms with van der Waals surface area (Å²) in [6.45, 7) is 0. The summed E-state index contributed by atoms with van der Waals surface area (Å²) in [5.41, 5.74) is 1.08. The van der Waals surface area contributed by atoms with E-state index in [0.29, 0.717) is 11.2 Å². The second-order valence-corrected chi connectivity index (χ2v) is 6.84. The first-order valence-electron chi connectivity index (χ1n) is 9.40. The molecular weight excluding hydrogens is 398 g/mol. The van der Waals surface area contributed by atoms with E-state index in [-0.39, 0.29) is 17.0 Å². The Hall–Kier alpha value is -4.46. The zero-order valence-electron chi connectivity index (χ0n) is 16.3. The maximum atomic E-state index is 13.5. The molecule has 0 aliphatic rings. The number of rotatable bonds is 4. The van der Waals surface area contributed by atoms with Gasteiger partial charge < -0.3 is 18.8 Å². The van der Waals surface area contributed by atoms with Crippen LogP contribution in [0.25, 0.3) is 22.0 Å². The number of fused-ring (bicyclic) bond motifs is 3. The molecule has 8 nitrogen and oxygen atoms in total. The quantitative estimate of drug-likeness (QED) is 0.255. The Morgan fingerprint density at radius 3 is 2.58 bits per heavy atom. The van der Waals surface area contributed by atoms with Gasteiger partial charge in [-0.2, -0.15) is 0 Å². The number of carbonyl (C=O) groups is 2. The zero-order chi connectivity index (χ0) is 21.5. The largest absolute Gasteiger partial charge is 0.539 e. The second kappa shape index (κ2) is 7.10. The summed E-state index contributed by atoms with van der Waals surface area (Å²) < 4.78 is 12.5. The van der Waals surface area contributed by atoms with Gasteiger partial charge in [0, 0.05) is 23.7 Å². The highest BCUT2D eigenvalue weighted by atomic mass is 16.6. The minimum atomic E-state index is -0.871. The van der Waals surface area contributed by atoms with E-state index in [0.717, 1.165) is 15.5 Å². The van der Waals surface area contributed by atoms with Gasteiger partial charge in [-0.3, -0.25) is 4.79 Å². The van der Waals surface area contributed by atoms with E-state index in [9.17, 15) is 14.7 Å². The van der Waals surface area contributed by atoms with Crippen LogP contribution in [0.1, 0.15) is 26.5 Å². The highest BCUT2D eigenvalue weighted by Crippen LogP contribution is 2.28. The molecule has 5 aromatic rings. The molecule has 0 aliphatic heterocycles. The monoisotopic (exact) mass is 413 g/mol. The fourth-order valence-electron chi connectivity index (χ4n) is 3.71. The predicted octanol–water partition coefficient (Wildman–Crippen LogP) is 2.45. The van der Waals surface area contributed by atoms with Gasteiger partial charge in [-0.05, 0) is 22.2 Å². The number of esters is 1. The molecule has 3 heterocycles. The molecule has 152 valence electrons. The fraction of sp³-hybridized carbons (Fsp3) is 0.0435. The molecule has 0 atom stereocenters. The first-order chi connectivity index (χ1) is 15.1. The number of nitrogens with zero attached hydrogens (tertiary/aromatic N) is 3. The van der Waals surface area contributed by atoms with Crippen LogP contribution in [0.3, 0.4) is 0 Å². The Bertz CT molecular complexity index is 1470. The number of pyridine rings is 1. The molecule has 31 heavy (non-hydrogen) atoms. The number of ether oxygens (including phenoxy) is 1. The topological polar surface area (TPSA) is 101 Å². The van der Waals surface area contributed by atoms with Gasteiger partial charge in [0.15, 0.2) is 5.95 Å². The predicted molar refractivity (Wildman–Crippen MR) is 107 cm³/mol. The lowest BCUT2D eigenvalue weighted by Crippen LogP contribution is -2.39. The molecule has 0 aliphatic carbocycles. The summed E-state index contributed by atoms with van der Waals surface area (Å²) in [5, 5.41) is 17.8. The number of aromatic nitrogens is 3. The Balaban J connectivity index is 1.78. The highest BCUT2D eigenvalue weighted by Gasteiger charge is 2.32. The van der Waals surface area contributed by atoms with Crippen molar-refractivity contribution in [1.82, 2.24) is 9.67 Å². The van der Waals surface area contributed by atoms with Crippen LogP contribution in [-0.2, 0) is 4.74 Å². The number of methoxy groups -OCH3 is 1. The van der Waals surface area contributed by atoms with Gasteiger partial charge in [-0.15, -0.1) is 0 Å². The zero-order valence-corrected chi connectivity index (χ0v) is 16.3. The molecule has 0 saturated carbocycles. The summed E-state index contributed by atoms with van der Waals surface area (Å²) >= 11 is 0. The highest BCUT2D eigenvalue weighted by molar-refractivity contribution is 6.14. The lowest BCUT2D eigenvalue weighted by molar-refractivity contribution is -0.672. The van der Waals surface area contributed by atoms with Crippen molar-refractivity contribution in [3.8, 4) is 11.6 Å². The van der Waals surface area contributed by atoms with Gasteiger partial charge in [0.2, 0.25) is 5.69 Å². The molecule has 5 rings (SSSR count). The smallest absolute Gasteiger partial charge is 0.340 e. The molecule has 2 aromatic carbocycles. The Morgan fingerprint density at radius 2 is 1.81 bits per heavy atom. The number of ketones is 1. The lowest BCUT2D eigenvalue weighted by atomic mass is 10.1. The number of para-hydroxylation sites is 1. The molecule has 3 aromatic heterocycles. The summed E-state index contributed by atoms with van der Waals surface area (Å²) in [7, 11) is 1.28. The van der Waals surface area contributed by atoms with Crippen LogP contribution in [0, 0.1) is 0 Å². The van der Waals surface area contributed by atoms with Crippen molar-refractivity contribution in [2.24, 2.45) is 0 Å². The average Bonchev–Trinajstić information content (AvgIpc) is 3.40. The summed E-state index contributed by atoms with van der Waals surface area (Å²) in [6, 6.07) is 19.5. The maximum Gasteiger partial charge on any atom is 0.340 e. The van der Waals surface area contributed by atoms with Crippen LogP contribution >= 0.6 is 0 Å². The van der Waals surface area contributed by atoms with Gasteiger partial charge in [-0.1, -0.05) is 42.5 Å². The number of carbonyl (C=O) groups excluding carboxylic acids is 2. The van der Waals surface area contributed by atoms with Crippen molar-refractivity contribution in [2.75, 3.05) is 7.11 Å². The standard InChI is InChI=1S/C23H15N3O5/c1-30-22(28)17-13-18(25-12-11-14-7-5-6-10-16(14)19(17)25)21(27)20-23(29)31-24-26(20)15-8-3-2-4-9-15/h2-13H,1H3. The lowest BCUT2D eigenvalue weighted by Gasteiger charge is -2.05. The van der Waals surface area contributed by atoms with E-state index >= 15 is 0 Å². The van der Waals surface area contributed by atoms with E-state index in [2.05, 4.69) is 5.27 Å². The van der Waals surface area contributed by atoms with Crippen molar-refractivity contribution < 1.29 is 28.6 Å². The molecule has 0 unspecified atom stereocenters. The van der Waals surface area contributed by atoms with Crippen LogP contribution < -0.4 is 9.79 Å². The normalized spacial score (nSPS) is 11.1. The van der Waals surface area contributed by atoms with Gasteiger partial charge in [-0.25, -0.2) is 4.79 Å². The van der Waals surface area contributed by atoms with Gasteiger partial charge in [0.05, 0.1) is 23.5 Å². The minimum Gasteiger partial charge on any atom is -0.539 e. The van der Waals surface area contributed by atoms with E-state index in [1.165, 1.54) is 13.2 Å². The van der Waals surface area contributed by atoms with Crippen LogP contribution in [-0.4, -0.2) is 28.5 Å². The third-order valence-corrected chi connectivity index (χ3v) is 5.12. The van der Waals surface area contributed by atoms with Gasteiger partial charge in [0.1, 0.15) is 5.69 Å². The molecule has 0 amide bonds. The van der Waals surface area contributed by atoms with E-state index in [1.54, 1.807) is 40.9 Å². The van der Waals surface area contributed by atoms with Crippen molar-refractivity contribution in [2.45, 2.75) is 0 Å². The second-order valence-electron chi connectivity index (χ2n) is 6.84. The first kappa shape index (κ1) is 18.6. The number of hydrogen-bond donors (Lipinski definition) is 0. The molecule has 0 spiro atoms. The molecule has 0 bridgehead atoms. The Kier molecular flexibility index (Phi) is 4.25. The van der Waals surface area contributed by atoms with Crippen molar-refractivity contribution in [1.29, 1.82) is 0 Å². The van der Waals surface area contributed by atoms with E-state index in [4.69, 9.17) is 9.26 Å². The van der Waals surface area contributed by atoms with E-state index < -0.39 is 17.7 Å². The molecule has 0 saturated heterocycles. The van der Waals surface area contributed by atoms with Crippen molar-refractivity contribution in [3.05, 3.63) is 89.9 Å². The average molecular weight is 413 g/mol. The van der Waals surface area contributed by atoms with E-state index in [1.807, 2.05) is 30.3 Å². The van der Waals surface area contributed by atoms with Crippen molar-refractivity contribution >= 4 is 28.0 Å².